The summed E-state index contributed by atoms with van der Waals surface area (Å²) in [6, 6.07) is 6.31. The monoisotopic (exact) mass is 391 g/mol. The maximum Gasteiger partial charge on any atom is 0.406 e. The zero-order valence-electron chi connectivity index (χ0n) is 16.8. The quantitative estimate of drug-likeness (QED) is 0.611. The molecule has 0 spiro atoms. The van der Waals surface area contributed by atoms with Crippen molar-refractivity contribution < 1.29 is 23.9 Å². The fraction of sp³-hybridized carbons (Fsp3) is 0.550. The predicted octanol–water partition coefficient (Wildman–Crippen LogP) is 1.53. The Kier molecular flexibility index (Phi) is 7.25. The zero-order valence-corrected chi connectivity index (χ0v) is 16.8. The van der Waals surface area contributed by atoms with Crippen molar-refractivity contribution in [3.63, 3.8) is 0 Å². The van der Waals surface area contributed by atoms with Gasteiger partial charge in [0.15, 0.2) is 0 Å². The normalized spacial score (nSPS) is 19.4. The van der Waals surface area contributed by atoms with Gasteiger partial charge in [0.25, 0.3) is 0 Å². The Morgan fingerprint density at radius 3 is 2.29 bits per heavy atom. The standard InChI is InChI=1S/C20H29N3O5/c1-20(2,3)28-14-9-7-13(8-10-14)12-16-18(25)22-15(17(24)23-16)6-5-11-21-19(26)27-4/h7-10,15-16H,5-6,11-12H2,1-4H3,(H,21,26)(H,22,25)(H,23,24). The lowest BCUT2D eigenvalue weighted by Crippen LogP contribution is -2.62. The van der Waals surface area contributed by atoms with E-state index in [0.29, 0.717) is 25.8 Å². The zero-order chi connectivity index (χ0) is 20.7. The van der Waals surface area contributed by atoms with E-state index in [1.54, 1.807) is 0 Å². The van der Waals surface area contributed by atoms with Crippen molar-refractivity contribution in [2.24, 2.45) is 0 Å². The van der Waals surface area contributed by atoms with Crippen molar-refractivity contribution in [2.75, 3.05) is 13.7 Å². The van der Waals surface area contributed by atoms with Crippen molar-refractivity contribution in [1.82, 2.24) is 16.0 Å². The van der Waals surface area contributed by atoms with Crippen molar-refractivity contribution in [3.8, 4) is 5.75 Å². The van der Waals surface area contributed by atoms with Gasteiger partial charge in [-0.15, -0.1) is 0 Å². The van der Waals surface area contributed by atoms with Crippen LogP contribution in [0.4, 0.5) is 4.79 Å². The predicted molar refractivity (Wildman–Crippen MR) is 104 cm³/mol. The van der Waals surface area contributed by atoms with Crippen LogP contribution in [0.2, 0.25) is 0 Å². The second-order valence-electron chi connectivity index (χ2n) is 7.75. The molecular weight excluding hydrogens is 362 g/mol. The number of hydrogen-bond donors (Lipinski definition) is 3. The molecule has 0 aromatic heterocycles. The molecule has 2 unspecified atom stereocenters. The first-order chi connectivity index (χ1) is 13.2. The van der Waals surface area contributed by atoms with E-state index in [2.05, 4.69) is 20.7 Å². The van der Waals surface area contributed by atoms with Gasteiger partial charge in [-0.1, -0.05) is 12.1 Å². The molecule has 28 heavy (non-hydrogen) atoms. The highest BCUT2D eigenvalue weighted by atomic mass is 16.5. The molecule has 0 bridgehead atoms. The molecule has 1 heterocycles. The summed E-state index contributed by atoms with van der Waals surface area (Å²) in [7, 11) is 1.29. The van der Waals surface area contributed by atoms with Crippen LogP contribution in [-0.2, 0) is 20.7 Å². The third kappa shape index (κ3) is 6.75. The highest BCUT2D eigenvalue weighted by molar-refractivity contribution is 5.97. The molecule has 3 amide bonds. The molecular formula is C20H29N3O5. The second kappa shape index (κ2) is 9.43. The van der Waals surface area contributed by atoms with E-state index < -0.39 is 18.2 Å². The van der Waals surface area contributed by atoms with Crippen LogP contribution in [0.3, 0.4) is 0 Å². The van der Waals surface area contributed by atoms with E-state index in [0.717, 1.165) is 11.3 Å². The minimum atomic E-state index is -0.605. The van der Waals surface area contributed by atoms with Gasteiger partial charge in [0.2, 0.25) is 11.8 Å². The molecule has 154 valence electrons. The topological polar surface area (TPSA) is 106 Å². The molecule has 0 radical (unpaired) electrons. The molecule has 1 saturated heterocycles. The summed E-state index contributed by atoms with van der Waals surface area (Å²) < 4.78 is 10.3. The Labute approximate surface area is 165 Å². The van der Waals surface area contributed by atoms with E-state index in [4.69, 9.17) is 4.74 Å². The van der Waals surface area contributed by atoms with Gasteiger partial charge in [-0.3, -0.25) is 9.59 Å². The summed E-state index contributed by atoms with van der Waals surface area (Å²) in [5.41, 5.74) is 0.655. The van der Waals surface area contributed by atoms with Crippen LogP contribution in [0.1, 0.15) is 39.2 Å². The first kappa shape index (κ1) is 21.5. The number of ether oxygens (including phenoxy) is 2. The number of amides is 3. The number of carbonyl (C=O) groups is 3. The number of rotatable bonds is 7. The molecule has 1 aliphatic heterocycles. The molecule has 0 saturated carbocycles. The Morgan fingerprint density at radius 2 is 1.68 bits per heavy atom. The summed E-state index contributed by atoms with van der Waals surface area (Å²) >= 11 is 0. The summed E-state index contributed by atoms with van der Waals surface area (Å²) in [6.07, 6.45) is 0.876. The summed E-state index contributed by atoms with van der Waals surface area (Å²) in [5.74, 6) is 0.338. The molecule has 1 fully saturated rings. The van der Waals surface area contributed by atoms with Crippen LogP contribution in [0.15, 0.2) is 24.3 Å². The largest absolute Gasteiger partial charge is 0.488 e. The smallest absolute Gasteiger partial charge is 0.406 e. The Balaban J connectivity index is 1.83. The van der Waals surface area contributed by atoms with Gasteiger partial charge < -0.3 is 25.4 Å². The average Bonchev–Trinajstić information content (AvgIpc) is 2.62. The minimum absolute atomic E-state index is 0.208. The number of carbonyl (C=O) groups excluding carboxylic acids is 3. The molecule has 0 aliphatic carbocycles. The lowest BCUT2D eigenvalue weighted by atomic mass is 10.00. The SMILES string of the molecule is COC(=O)NCCCC1NC(=O)C(Cc2ccc(OC(C)(C)C)cc2)NC1=O. The van der Waals surface area contributed by atoms with Crippen LogP contribution < -0.4 is 20.7 Å². The van der Waals surface area contributed by atoms with Crippen LogP contribution >= 0.6 is 0 Å². The van der Waals surface area contributed by atoms with E-state index in [1.165, 1.54) is 7.11 Å². The number of methoxy groups -OCH3 is 1. The van der Waals surface area contributed by atoms with Crippen molar-refractivity contribution in [2.45, 2.75) is 57.7 Å². The van der Waals surface area contributed by atoms with Gasteiger partial charge in [0.1, 0.15) is 23.4 Å². The van der Waals surface area contributed by atoms with E-state index >= 15 is 0 Å². The Morgan fingerprint density at radius 1 is 1.07 bits per heavy atom. The second-order valence-corrected chi connectivity index (χ2v) is 7.75. The molecule has 8 nitrogen and oxygen atoms in total. The fourth-order valence-corrected chi connectivity index (χ4v) is 2.87. The van der Waals surface area contributed by atoms with Crippen molar-refractivity contribution in [1.29, 1.82) is 0 Å². The Bertz CT molecular complexity index is 697. The van der Waals surface area contributed by atoms with Gasteiger partial charge in [-0.2, -0.15) is 0 Å². The van der Waals surface area contributed by atoms with E-state index in [9.17, 15) is 14.4 Å². The summed E-state index contributed by atoms with van der Waals surface area (Å²) in [6.45, 7) is 6.30. The third-order valence-corrected chi connectivity index (χ3v) is 4.18. The van der Waals surface area contributed by atoms with E-state index in [-0.39, 0.29) is 17.4 Å². The number of alkyl carbamates (subject to hydrolysis) is 1. The van der Waals surface area contributed by atoms with E-state index in [1.807, 2.05) is 45.0 Å². The lowest BCUT2D eigenvalue weighted by molar-refractivity contribution is -0.136. The molecule has 8 heteroatoms. The van der Waals surface area contributed by atoms with Crippen LogP contribution in [0.25, 0.3) is 0 Å². The van der Waals surface area contributed by atoms with Crippen molar-refractivity contribution >= 4 is 17.9 Å². The fourth-order valence-electron chi connectivity index (χ4n) is 2.87. The first-order valence-corrected chi connectivity index (χ1v) is 9.38. The van der Waals surface area contributed by atoms with Gasteiger partial charge in [0, 0.05) is 13.0 Å². The lowest BCUT2D eigenvalue weighted by Gasteiger charge is -2.29. The van der Waals surface area contributed by atoms with Crippen LogP contribution in [0, 0.1) is 0 Å². The summed E-state index contributed by atoms with van der Waals surface area (Å²) in [5, 5.41) is 8.09. The Hall–Kier alpha value is -2.77. The number of piperazine rings is 1. The van der Waals surface area contributed by atoms with Gasteiger partial charge in [0.05, 0.1) is 7.11 Å². The number of nitrogens with one attached hydrogen (secondary N) is 3. The number of hydrogen-bond acceptors (Lipinski definition) is 5. The molecule has 1 aromatic rings. The maximum absolute atomic E-state index is 12.4. The molecule has 3 N–H and O–H groups in total. The molecule has 2 atom stereocenters. The average molecular weight is 391 g/mol. The highest BCUT2D eigenvalue weighted by Crippen LogP contribution is 2.19. The number of benzene rings is 1. The van der Waals surface area contributed by atoms with Crippen LogP contribution in [-0.4, -0.2) is 49.2 Å². The van der Waals surface area contributed by atoms with Crippen molar-refractivity contribution in [3.05, 3.63) is 29.8 Å². The van der Waals surface area contributed by atoms with Gasteiger partial charge >= 0.3 is 6.09 Å². The maximum atomic E-state index is 12.4. The van der Waals surface area contributed by atoms with Crippen LogP contribution in [0.5, 0.6) is 5.75 Å². The minimum Gasteiger partial charge on any atom is -0.488 e. The highest BCUT2D eigenvalue weighted by Gasteiger charge is 2.33. The van der Waals surface area contributed by atoms with Gasteiger partial charge in [-0.05, 0) is 51.3 Å². The molecule has 1 aromatic carbocycles. The van der Waals surface area contributed by atoms with Gasteiger partial charge in [-0.25, -0.2) is 4.79 Å². The molecule has 1 aliphatic rings. The third-order valence-electron chi connectivity index (χ3n) is 4.18. The first-order valence-electron chi connectivity index (χ1n) is 9.38. The molecule has 2 rings (SSSR count). The summed E-state index contributed by atoms with van der Waals surface area (Å²) in [4.78, 5) is 35.6.